The zero-order valence-electron chi connectivity index (χ0n) is 7.86. The molecule has 0 saturated carbocycles. The number of hydrogen-bond donors (Lipinski definition) is 1. The lowest BCUT2D eigenvalue weighted by molar-refractivity contribution is 0.896. The van der Waals surface area contributed by atoms with Crippen molar-refractivity contribution in [3.8, 4) is 0 Å². The number of rotatable bonds is 3. The highest BCUT2D eigenvalue weighted by molar-refractivity contribution is 9.11. The van der Waals surface area contributed by atoms with E-state index < -0.39 is 0 Å². The van der Waals surface area contributed by atoms with Crippen LogP contribution in [0.4, 0.5) is 5.13 Å². The van der Waals surface area contributed by atoms with Crippen molar-refractivity contribution in [2.45, 2.75) is 6.54 Å². The Hall–Kier alpha value is -0.240. The first kappa shape index (κ1) is 11.3. The van der Waals surface area contributed by atoms with Crippen molar-refractivity contribution in [1.82, 2.24) is 10.2 Å². The fraction of sp³-hybridized carbons (Fsp3) is 0.250. The van der Waals surface area contributed by atoms with Crippen LogP contribution in [0, 0.1) is 3.95 Å². The molecule has 0 bridgehead atoms. The summed E-state index contributed by atoms with van der Waals surface area (Å²) in [6.45, 7) is 0.845. The number of aromatic nitrogens is 2. The van der Waals surface area contributed by atoms with Gasteiger partial charge in [0, 0.05) is 13.6 Å². The van der Waals surface area contributed by atoms with Gasteiger partial charge < -0.3 is 4.90 Å². The van der Waals surface area contributed by atoms with E-state index in [0.29, 0.717) is 3.95 Å². The second-order valence-electron chi connectivity index (χ2n) is 3.01. The molecule has 0 fully saturated rings. The summed E-state index contributed by atoms with van der Waals surface area (Å²) in [5.74, 6) is 0. The normalized spacial score (nSPS) is 10.5. The molecule has 2 aromatic rings. The Morgan fingerprint density at radius 3 is 3.00 bits per heavy atom. The maximum absolute atomic E-state index is 4.99. The van der Waals surface area contributed by atoms with Crippen molar-refractivity contribution < 1.29 is 0 Å². The average Bonchev–Trinajstić information content (AvgIpc) is 2.75. The molecule has 0 unspecified atom stereocenters. The third-order valence-electron chi connectivity index (χ3n) is 1.79. The summed E-state index contributed by atoms with van der Waals surface area (Å²) < 4.78 is 1.86. The highest BCUT2D eigenvalue weighted by Crippen LogP contribution is 2.24. The Morgan fingerprint density at radius 1 is 1.67 bits per heavy atom. The molecule has 80 valence electrons. The van der Waals surface area contributed by atoms with E-state index in [4.69, 9.17) is 12.2 Å². The average molecular weight is 322 g/mol. The van der Waals surface area contributed by atoms with Gasteiger partial charge in [0.05, 0.1) is 3.79 Å². The quantitative estimate of drug-likeness (QED) is 0.875. The molecule has 0 saturated heterocycles. The van der Waals surface area contributed by atoms with E-state index in [1.54, 1.807) is 11.3 Å². The largest absolute Gasteiger partial charge is 0.345 e. The molecule has 15 heavy (non-hydrogen) atoms. The summed E-state index contributed by atoms with van der Waals surface area (Å²) in [6, 6.07) is 2.12. The second-order valence-corrected chi connectivity index (χ2v) is 6.95. The van der Waals surface area contributed by atoms with Gasteiger partial charge in [-0.2, -0.15) is 0 Å². The van der Waals surface area contributed by atoms with Crippen LogP contribution in [0.25, 0.3) is 0 Å². The van der Waals surface area contributed by atoms with E-state index in [1.807, 2.05) is 7.05 Å². The summed E-state index contributed by atoms with van der Waals surface area (Å²) in [5.41, 5.74) is 1.27. The standard InChI is InChI=1S/C8H8BrN3S3/c1-12(7-10-11-8(13)15-7)3-5-2-6(9)14-4-5/h2,4H,3H2,1H3,(H,11,13). The molecule has 0 aliphatic heterocycles. The number of nitrogens with one attached hydrogen (secondary N) is 1. The zero-order chi connectivity index (χ0) is 10.8. The molecule has 0 aromatic carbocycles. The third-order valence-corrected chi connectivity index (χ3v) is 4.55. The van der Waals surface area contributed by atoms with Crippen LogP contribution in [0.2, 0.25) is 0 Å². The summed E-state index contributed by atoms with van der Waals surface area (Å²) >= 11 is 11.6. The minimum Gasteiger partial charge on any atom is -0.345 e. The van der Waals surface area contributed by atoms with Crippen LogP contribution in [0.15, 0.2) is 15.2 Å². The predicted octanol–water partition coefficient (Wildman–Crippen LogP) is 3.66. The Labute approximate surface area is 109 Å². The lowest BCUT2D eigenvalue weighted by Crippen LogP contribution is -2.15. The van der Waals surface area contributed by atoms with E-state index in [2.05, 4.69) is 42.5 Å². The van der Waals surface area contributed by atoms with Crippen LogP contribution in [-0.4, -0.2) is 17.2 Å². The monoisotopic (exact) mass is 321 g/mol. The van der Waals surface area contributed by atoms with Crippen LogP contribution >= 0.6 is 50.8 Å². The van der Waals surface area contributed by atoms with E-state index >= 15 is 0 Å². The lowest BCUT2D eigenvalue weighted by Gasteiger charge is -2.13. The molecular weight excluding hydrogens is 314 g/mol. The highest BCUT2D eigenvalue weighted by Gasteiger charge is 2.06. The molecule has 0 atom stereocenters. The summed E-state index contributed by atoms with van der Waals surface area (Å²) in [6.07, 6.45) is 0. The molecular formula is C8H8BrN3S3. The molecule has 3 nitrogen and oxygen atoms in total. The number of H-pyrrole nitrogens is 1. The molecule has 2 rings (SSSR count). The molecule has 0 amide bonds. The van der Waals surface area contributed by atoms with E-state index in [-0.39, 0.29) is 0 Å². The van der Waals surface area contributed by atoms with Gasteiger partial charge in [-0.25, -0.2) is 0 Å². The molecule has 0 spiro atoms. The second kappa shape index (κ2) is 4.73. The van der Waals surface area contributed by atoms with Crippen LogP contribution in [0.3, 0.4) is 0 Å². The van der Waals surface area contributed by atoms with Crippen LogP contribution in [0.5, 0.6) is 0 Å². The first-order valence-electron chi connectivity index (χ1n) is 4.15. The van der Waals surface area contributed by atoms with Crippen molar-refractivity contribution in [3.05, 3.63) is 24.8 Å². The van der Waals surface area contributed by atoms with Crippen molar-refractivity contribution in [3.63, 3.8) is 0 Å². The van der Waals surface area contributed by atoms with E-state index in [9.17, 15) is 0 Å². The van der Waals surface area contributed by atoms with Crippen molar-refractivity contribution in [2.75, 3.05) is 11.9 Å². The molecule has 2 aromatic heterocycles. The third kappa shape index (κ3) is 2.87. The summed E-state index contributed by atoms with van der Waals surface area (Å²) in [4.78, 5) is 2.07. The van der Waals surface area contributed by atoms with E-state index in [0.717, 1.165) is 15.5 Å². The van der Waals surface area contributed by atoms with Gasteiger partial charge in [-0.15, -0.1) is 16.4 Å². The van der Waals surface area contributed by atoms with Crippen molar-refractivity contribution >= 4 is 56.0 Å². The number of nitrogens with zero attached hydrogens (tertiary/aromatic N) is 2. The predicted molar refractivity (Wildman–Crippen MR) is 71.4 cm³/mol. The maximum atomic E-state index is 4.99. The van der Waals surface area contributed by atoms with Gasteiger partial charge in [0.25, 0.3) is 0 Å². The number of hydrogen-bond acceptors (Lipinski definition) is 5. The zero-order valence-corrected chi connectivity index (χ0v) is 11.9. The number of halogens is 1. The van der Waals surface area contributed by atoms with Gasteiger partial charge in [-0.3, -0.25) is 5.10 Å². The SMILES string of the molecule is CN(Cc1csc(Br)c1)c1n[nH]c(=S)s1. The van der Waals surface area contributed by atoms with Gasteiger partial charge in [0.15, 0.2) is 3.95 Å². The Bertz CT molecular complexity index is 501. The number of thiophene rings is 1. The smallest absolute Gasteiger partial charge is 0.206 e. The minimum absolute atomic E-state index is 0.711. The first-order valence-corrected chi connectivity index (χ1v) is 7.04. The molecule has 0 aliphatic rings. The molecule has 1 N–H and O–H groups in total. The van der Waals surface area contributed by atoms with Gasteiger partial charge in [-0.05, 0) is 45.2 Å². The lowest BCUT2D eigenvalue weighted by atomic mass is 10.3. The van der Waals surface area contributed by atoms with E-state index in [1.165, 1.54) is 16.9 Å². The summed E-state index contributed by atoms with van der Waals surface area (Å²) in [7, 11) is 2.01. The maximum Gasteiger partial charge on any atom is 0.206 e. The Kier molecular flexibility index (Phi) is 3.55. The van der Waals surface area contributed by atoms with Gasteiger partial charge >= 0.3 is 0 Å². The molecule has 0 radical (unpaired) electrons. The Balaban J connectivity index is 2.10. The molecule has 7 heteroatoms. The minimum atomic E-state index is 0.711. The number of anilines is 1. The van der Waals surface area contributed by atoms with Gasteiger partial charge in [0.1, 0.15) is 0 Å². The fourth-order valence-corrected chi connectivity index (χ4v) is 3.19. The molecule has 2 heterocycles. The van der Waals surface area contributed by atoms with Crippen molar-refractivity contribution in [1.29, 1.82) is 0 Å². The van der Waals surface area contributed by atoms with Gasteiger partial charge in [0.2, 0.25) is 5.13 Å². The van der Waals surface area contributed by atoms with Crippen LogP contribution < -0.4 is 4.90 Å². The topological polar surface area (TPSA) is 31.9 Å². The highest BCUT2D eigenvalue weighted by atomic mass is 79.9. The van der Waals surface area contributed by atoms with Crippen LogP contribution in [-0.2, 0) is 6.54 Å². The fourth-order valence-electron chi connectivity index (χ4n) is 1.16. The Morgan fingerprint density at radius 2 is 2.47 bits per heavy atom. The molecule has 0 aliphatic carbocycles. The number of aromatic amines is 1. The van der Waals surface area contributed by atoms with Gasteiger partial charge in [-0.1, -0.05) is 11.3 Å². The summed E-state index contributed by atoms with van der Waals surface area (Å²) in [5, 5.41) is 9.95. The first-order chi connectivity index (χ1) is 7.15. The van der Waals surface area contributed by atoms with Crippen LogP contribution in [0.1, 0.15) is 5.56 Å². The van der Waals surface area contributed by atoms with Crippen molar-refractivity contribution in [2.24, 2.45) is 0 Å².